The van der Waals surface area contributed by atoms with E-state index in [-0.39, 0.29) is 17.4 Å². The molecule has 0 N–H and O–H groups in total. The molecule has 0 aliphatic rings. The van der Waals surface area contributed by atoms with Crippen LogP contribution in [0.5, 0.6) is 0 Å². The van der Waals surface area contributed by atoms with Crippen molar-refractivity contribution in [1.82, 2.24) is 0 Å². The number of terminal acetylenes is 1. The Kier molecular flexibility index (Phi) is 5.43. The van der Waals surface area contributed by atoms with Crippen molar-refractivity contribution in [2.45, 2.75) is 25.1 Å². The Morgan fingerprint density at radius 3 is 2.61 bits per heavy atom. The molecule has 1 atom stereocenters. The van der Waals surface area contributed by atoms with Crippen molar-refractivity contribution in [3.63, 3.8) is 0 Å². The van der Waals surface area contributed by atoms with Gasteiger partial charge in [-0.1, -0.05) is 52.2 Å². The van der Waals surface area contributed by atoms with Crippen molar-refractivity contribution in [2.24, 2.45) is 5.41 Å². The molecule has 0 aromatic heterocycles. The maximum absolute atomic E-state index is 11.9. The third kappa shape index (κ3) is 4.19. The second kappa shape index (κ2) is 6.61. The number of esters is 1. The zero-order valence-electron chi connectivity index (χ0n) is 10.7. The van der Waals surface area contributed by atoms with Gasteiger partial charge in [-0.2, -0.15) is 0 Å². The van der Waals surface area contributed by atoms with Gasteiger partial charge in [0.15, 0.2) is 6.61 Å². The highest BCUT2D eigenvalue weighted by atomic mass is 79.9. The number of alkyl halides is 1. The van der Waals surface area contributed by atoms with Crippen LogP contribution in [0.4, 0.5) is 0 Å². The molecule has 0 radical (unpaired) electrons. The Morgan fingerprint density at radius 2 is 2.06 bits per heavy atom. The standard InChI is InChI=1S/C15H17BrO2/c1-4-10-18-14(17)15(2,3)11-13(16)12-8-6-5-7-9-12/h1,5-9,13H,10-11H2,2-3H3. The van der Waals surface area contributed by atoms with Crippen molar-refractivity contribution < 1.29 is 9.53 Å². The van der Waals surface area contributed by atoms with E-state index in [0.717, 1.165) is 5.56 Å². The summed E-state index contributed by atoms with van der Waals surface area (Å²) in [6, 6.07) is 9.99. The highest BCUT2D eigenvalue weighted by molar-refractivity contribution is 9.09. The maximum Gasteiger partial charge on any atom is 0.312 e. The van der Waals surface area contributed by atoms with E-state index in [9.17, 15) is 4.79 Å². The Morgan fingerprint density at radius 1 is 1.44 bits per heavy atom. The molecule has 0 bridgehead atoms. The number of hydrogen-bond donors (Lipinski definition) is 0. The van der Waals surface area contributed by atoms with Crippen molar-refractivity contribution in [3.8, 4) is 12.3 Å². The van der Waals surface area contributed by atoms with Gasteiger partial charge in [0.05, 0.1) is 5.41 Å². The van der Waals surface area contributed by atoms with Crippen LogP contribution in [0.1, 0.15) is 30.7 Å². The molecule has 0 aliphatic carbocycles. The van der Waals surface area contributed by atoms with E-state index in [1.54, 1.807) is 0 Å². The molecular formula is C15H17BrO2. The van der Waals surface area contributed by atoms with E-state index in [4.69, 9.17) is 11.2 Å². The van der Waals surface area contributed by atoms with Crippen LogP contribution in [-0.2, 0) is 9.53 Å². The summed E-state index contributed by atoms with van der Waals surface area (Å²) < 4.78 is 5.00. The molecule has 96 valence electrons. The van der Waals surface area contributed by atoms with Crippen LogP contribution in [0.3, 0.4) is 0 Å². The van der Waals surface area contributed by atoms with Crippen LogP contribution in [0.15, 0.2) is 30.3 Å². The van der Waals surface area contributed by atoms with Crippen LogP contribution in [0.25, 0.3) is 0 Å². The SMILES string of the molecule is C#CCOC(=O)C(C)(C)CC(Br)c1ccccc1. The minimum Gasteiger partial charge on any atom is -0.452 e. The summed E-state index contributed by atoms with van der Waals surface area (Å²) >= 11 is 3.61. The van der Waals surface area contributed by atoms with E-state index in [0.29, 0.717) is 6.42 Å². The van der Waals surface area contributed by atoms with E-state index in [2.05, 4.69) is 21.9 Å². The Hall–Kier alpha value is -1.27. The number of carbonyl (C=O) groups is 1. The molecule has 1 unspecified atom stereocenters. The van der Waals surface area contributed by atoms with Crippen LogP contribution in [-0.4, -0.2) is 12.6 Å². The average molecular weight is 309 g/mol. The molecule has 18 heavy (non-hydrogen) atoms. The van der Waals surface area contributed by atoms with E-state index in [1.165, 1.54) is 0 Å². The van der Waals surface area contributed by atoms with Gasteiger partial charge in [-0.25, -0.2) is 0 Å². The lowest BCUT2D eigenvalue weighted by Gasteiger charge is -2.25. The summed E-state index contributed by atoms with van der Waals surface area (Å²) in [5.74, 6) is 2.04. The second-order valence-corrected chi connectivity index (χ2v) is 5.85. The van der Waals surface area contributed by atoms with Crippen LogP contribution in [0.2, 0.25) is 0 Å². The van der Waals surface area contributed by atoms with Crippen molar-refractivity contribution in [2.75, 3.05) is 6.61 Å². The van der Waals surface area contributed by atoms with Crippen molar-refractivity contribution in [3.05, 3.63) is 35.9 Å². The smallest absolute Gasteiger partial charge is 0.312 e. The van der Waals surface area contributed by atoms with Crippen molar-refractivity contribution >= 4 is 21.9 Å². The quantitative estimate of drug-likeness (QED) is 0.471. The van der Waals surface area contributed by atoms with Gasteiger partial charge in [0.25, 0.3) is 0 Å². The number of rotatable bonds is 5. The monoisotopic (exact) mass is 308 g/mol. The molecular weight excluding hydrogens is 292 g/mol. The van der Waals surface area contributed by atoms with Crippen LogP contribution >= 0.6 is 15.9 Å². The Bertz CT molecular complexity index is 432. The first-order chi connectivity index (χ1) is 8.47. The van der Waals surface area contributed by atoms with Gasteiger partial charge in [-0.3, -0.25) is 4.79 Å². The molecule has 0 amide bonds. The third-order valence-corrected chi connectivity index (χ3v) is 3.54. The summed E-state index contributed by atoms with van der Waals surface area (Å²) in [6.07, 6.45) is 5.73. The predicted octanol–water partition coefficient (Wildman–Crippen LogP) is 3.72. The van der Waals surface area contributed by atoms with Crippen molar-refractivity contribution in [1.29, 1.82) is 0 Å². The Balaban J connectivity index is 2.65. The van der Waals surface area contributed by atoms with Gasteiger partial charge in [0.1, 0.15) is 0 Å². The first kappa shape index (κ1) is 14.8. The van der Waals surface area contributed by atoms with E-state index >= 15 is 0 Å². The van der Waals surface area contributed by atoms with Gasteiger partial charge >= 0.3 is 5.97 Å². The molecule has 2 nitrogen and oxygen atoms in total. The molecule has 1 aromatic rings. The molecule has 0 aliphatic heterocycles. The van der Waals surface area contributed by atoms with Gasteiger partial charge in [0.2, 0.25) is 0 Å². The second-order valence-electron chi connectivity index (χ2n) is 4.75. The zero-order valence-corrected chi connectivity index (χ0v) is 12.2. The number of carbonyl (C=O) groups excluding carboxylic acids is 1. The summed E-state index contributed by atoms with van der Waals surface area (Å²) in [5.41, 5.74) is 0.580. The minimum atomic E-state index is -0.569. The lowest BCUT2D eigenvalue weighted by molar-refractivity contribution is -0.152. The van der Waals surface area contributed by atoms with Crippen LogP contribution < -0.4 is 0 Å². The van der Waals surface area contributed by atoms with E-state index in [1.807, 2.05) is 44.2 Å². The largest absolute Gasteiger partial charge is 0.452 e. The molecule has 1 rings (SSSR count). The number of ether oxygens (including phenoxy) is 1. The van der Waals surface area contributed by atoms with E-state index < -0.39 is 5.41 Å². The first-order valence-electron chi connectivity index (χ1n) is 5.77. The maximum atomic E-state index is 11.9. The Labute approximate surface area is 117 Å². The van der Waals surface area contributed by atoms with Crippen LogP contribution in [0, 0.1) is 17.8 Å². The zero-order chi connectivity index (χ0) is 13.6. The summed E-state index contributed by atoms with van der Waals surface area (Å²) in [5, 5.41) is 0. The average Bonchev–Trinajstić information content (AvgIpc) is 2.36. The topological polar surface area (TPSA) is 26.3 Å². The normalized spacial score (nSPS) is 12.6. The number of hydrogen-bond acceptors (Lipinski definition) is 2. The fourth-order valence-electron chi connectivity index (χ4n) is 1.61. The molecule has 0 spiro atoms. The number of benzene rings is 1. The fraction of sp³-hybridized carbons (Fsp3) is 0.400. The molecule has 0 heterocycles. The van der Waals surface area contributed by atoms with Gasteiger partial charge < -0.3 is 4.74 Å². The lowest BCUT2D eigenvalue weighted by Crippen LogP contribution is -2.28. The highest BCUT2D eigenvalue weighted by Crippen LogP contribution is 2.36. The predicted molar refractivity (Wildman–Crippen MR) is 76.3 cm³/mol. The molecule has 1 aromatic carbocycles. The molecule has 0 saturated carbocycles. The van der Waals surface area contributed by atoms with Gasteiger partial charge in [0, 0.05) is 4.83 Å². The molecule has 0 fully saturated rings. The number of halogens is 1. The van der Waals surface area contributed by atoms with Gasteiger partial charge in [-0.15, -0.1) is 6.42 Å². The first-order valence-corrected chi connectivity index (χ1v) is 6.68. The summed E-state index contributed by atoms with van der Waals surface area (Å²) in [7, 11) is 0. The molecule has 3 heteroatoms. The fourth-order valence-corrected chi connectivity index (χ4v) is 2.73. The highest BCUT2D eigenvalue weighted by Gasteiger charge is 2.32. The summed E-state index contributed by atoms with van der Waals surface area (Å²) in [4.78, 5) is 12.0. The van der Waals surface area contributed by atoms with Gasteiger partial charge in [-0.05, 0) is 25.8 Å². The molecule has 0 saturated heterocycles. The minimum absolute atomic E-state index is 0.0283. The summed E-state index contributed by atoms with van der Waals surface area (Å²) in [6.45, 7) is 3.76. The third-order valence-electron chi connectivity index (χ3n) is 2.69. The lowest BCUT2D eigenvalue weighted by atomic mass is 9.86.